The van der Waals surface area contributed by atoms with Crippen molar-refractivity contribution in [1.29, 1.82) is 0 Å². The van der Waals surface area contributed by atoms with Crippen LogP contribution in [0.1, 0.15) is 10.5 Å². The number of anilines is 1. The zero-order chi connectivity index (χ0) is 19.5. The van der Waals surface area contributed by atoms with E-state index in [1.165, 1.54) is 0 Å². The number of hydrogen-bond donors (Lipinski definition) is 1. The van der Waals surface area contributed by atoms with Gasteiger partial charge in [-0.1, -0.05) is 18.2 Å². The molecule has 0 saturated heterocycles. The number of carbonyl (C=O) groups excluding carboxylic acids is 1. The minimum atomic E-state index is -0.296. The van der Waals surface area contributed by atoms with Crippen molar-refractivity contribution in [2.45, 2.75) is 0 Å². The van der Waals surface area contributed by atoms with Crippen molar-refractivity contribution in [3.05, 3.63) is 72.6 Å². The number of nitrogens with zero attached hydrogens (tertiary/aromatic N) is 3. The second-order valence-corrected chi connectivity index (χ2v) is 6.02. The molecular formula is C21H18N4O3. The standard InChI is InChI=1S/C21H18N4O3/c1-27-18-9-8-14(12-19(18)28-2)17-10-11-22-20-13-16(24-25(17)20)21(26)23-15-6-4-3-5-7-15/h3-13H,1-2H3,(H,23,26). The van der Waals surface area contributed by atoms with Gasteiger partial charge in [-0.3, -0.25) is 4.79 Å². The molecule has 2 aromatic carbocycles. The molecule has 4 aromatic rings. The predicted molar refractivity (Wildman–Crippen MR) is 106 cm³/mol. The van der Waals surface area contributed by atoms with Crippen molar-refractivity contribution >= 4 is 17.2 Å². The third-order valence-corrected chi connectivity index (χ3v) is 4.30. The zero-order valence-electron chi connectivity index (χ0n) is 15.4. The number of rotatable bonds is 5. The average Bonchev–Trinajstić information content (AvgIpc) is 3.18. The van der Waals surface area contributed by atoms with Crippen molar-refractivity contribution < 1.29 is 14.3 Å². The van der Waals surface area contributed by atoms with Crippen molar-refractivity contribution in [2.75, 3.05) is 19.5 Å². The van der Waals surface area contributed by atoms with Gasteiger partial charge in [-0.2, -0.15) is 5.10 Å². The van der Waals surface area contributed by atoms with Crippen LogP contribution in [-0.2, 0) is 0 Å². The molecule has 140 valence electrons. The monoisotopic (exact) mass is 374 g/mol. The number of aromatic nitrogens is 3. The number of ether oxygens (including phenoxy) is 2. The van der Waals surface area contributed by atoms with E-state index in [1.807, 2.05) is 54.6 Å². The maximum absolute atomic E-state index is 12.6. The van der Waals surface area contributed by atoms with Crippen LogP contribution < -0.4 is 14.8 Å². The lowest BCUT2D eigenvalue weighted by molar-refractivity contribution is 0.102. The van der Waals surface area contributed by atoms with Crippen molar-refractivity contribution in [1.82, 2.24) is 14.6 Å². The molecule has 0 fully saturated rings. The minimum Gasteiger partial charge on any atom is -0.493 e. The van der Waals surface area contributed by atoms with E-state index in [0.717, 1.165) is 11.3 Å². The molecule has 2 aromatic heterocycles. The molecule has 0 aliphatic rings. The Morgan fingerprint density at radius 3 is 2.50 bits per heavy atom. The van der Waals surface area contributed by atoms with E-state index < -0.39 is 0 Å². The quantitative estimate of drug-likeness (QED) is 0.577. The Morgan fingerprint density at radius 1 is 0.964 bits per heavy atom. The first kappa shape index (κ1) is 17.5. The van der Waals surface area contributed by atoms with Gasteiger partial charge in [0.1, 0.15) is 0 Å². The van der Waals surface area contributed by atoms with Gasteiger partial charge in [0.2, 0.25) is 0 Å². The maximum atomic E-state index is 12.6. The summed E-state index contributed by atoms with van der Waals surface area (Å²) in [6.45, 7) is 0. The van der Waals surface area contributed by atoms with Gasteiger partial charge in [0.15, 0.2) is 22.8 Å². The molecule has 0 atom stereocenters. The van der Waals surface area contributed by atoms with Crippen LogP contribution in [0.2, 0.25) is 0 Å². The smallest absolute Gasteiger partial charge is 0.276 e. The molecule has 28 heavy (non-hydrogen) atoms. The fraction of sp³-hybridized carbons (Fsp3) is 0.0952. The van der Waals surface area contributed by atoms with Crippen molar-refractivity contribution in [2.24, 2.45) is 0 Å². The van der Waals surface area contributed by atoms with E-state index in [0.29, 0.717) is 22.8 Å². The zero-order valence-corrected chi connectivity index (χ0v) is 15.4. The topological polar surface area (TPSA) is 77.8 Å². The number of para-hydroxylation sites is 1. The van der Waals surface area contributed by atoms with Crippen molar-refractivity contribution in [3.8, 4) is 22.8 Å². The summed E-state index contributed by atoms with van der Waals surface area (Å²) in [5, 5.41) is 7.29. The van der Waals surface area contributed by atoms with E-state index in [2.05, 4.69) is 15.4 Å². The van der Waals surface area contributed by atoms with Crippen LogP contribution in [0, 0.1) is 0 Å². The summed E-state index contributed by atoms with van der Waals surface area (Å²) < 4.78 is 12.3. The Hall–Kier alpha value is -3.87. The van der Waals surface area contributed by atoms with Gasteiger partial charge in [-0.05, 0) is 36.4 Å². The number of methoxy groups -OCH3 is 2. The summed E-state index contributed by atoms with van der Waals surface area (Å²) in [5.41, 5.74) is 3.21. The van der Waals surface area contributed by atoms with Gasteiger partial charge in [0.05, 0.1) is 19.9 Å². The SMILES string of the molecule is COc1ccc(-c2ccnc3cc(C(=O)Nc4ccccc4)nn23)cc1OC. The molecule has 0 spiro atoms. The van der Waals surface area contributed by atoms with Gasteiger partial charge >= 0.3 is 0 Å². The molecule has 0 unspecified atom stereocenters. The van der Waals surface area contributed by atoms with Gasteiger partial charge in [0, 0.05) is 23.5 Å². The van der Waals surface area contributed by atoms with Gasteiger partial charge in [-0.15, -0.1) is 0 Å². The van der Waals surface area contributed by atoms with Crippen LogP contribution in [0.5, 0.6) is 11.5 Å². The molecule has 2 heterocycles. The van der Waals surface area contributed by atoms with Crippen molar-refractivity contribution in [3.63, 3.8) is 0 Å². The van der Waals surface area contributed by atoms with Crippen LogP contribution in [0.25, 0.3) is 16.9 Å². The normalized spacial score (nSPS) is 10.6. The number of hydrogen-bond acceptors (Lipinski definition) is 5. The third-order valence-electron chi connectivity index (χ3n) is 4.30. The van der Waals surface area contributed by atoms with Gasteiger partial charge in [0.25, 0.3) is 5.91 Å². The lowest BCUT2D eigenvalue weighted by Gasteiger charge is -2.10. The maximum Gasteiger partial charge on any atom is 0.276 e. The second kappa shape index (κ2) is 7.40. The average molecular weight is 374 g/mol. The molecular weight excluding hydrogens is 356 g/mol. The fourth-order valence-electron chi connectivity index (χ4n) is 2.94. The van der Waals surface area contributed by atoms with Gasteiger partial charge < -0.3 is 14.8 Å². The van der Waals surface area contributed by atoms with Crippen LogP contribution >= 0.6 is 0 Å². The Labute approximate surface area is 161 Å². The molecule has 0 saturated carbocycles. The Kier molecular flexibility index (Phi) is 4.63. The first-order chi connectivity index (χ1) is 13.7. The highest BCUT2D eigenvalue weighted by atomic mass is 16.5. The number of fused-ring (bicyclic) bond motifs is 1. The van der Waals surface area contributed by atoms with E-state index >= 15 is 0 Å². The molecule has 7 heteroatoms. The summed E-state index contributed by atoms with van der Waals surface area (Å²) in [6.07, 6.45) is 1.68. The Bertz CT molecular complexity index is 1140. The Morgan fingerprint density at radius 2 is 1.75 bits per heavy atom. The molecule has 0 radical (unpaired) electrons. The lowest BCUT2D eigenvalue weighted by atomic mass is 10.1. The lowest BCUT2D eigenvalue weighted by Crippen LogP contribution is -2.12. The third kappa shape index (κ3) is 3.25. The van der Waals surface area contributed by atoms with E-state index in [4.69, 9.17) is 9.47 Å². The summed E-state index contributed by atoms with van der Waals surface area (Å²) in [4.78, 5) is 16.9. The van der Waals surface area contributed by atoms with E-state index in [-0.39, 0.29) is 11.6 Å². The minimum absolute atomic E-state index is 0.282. The number of nitrogens with one attached hydrogen (secondary N) is 1. The van der Waals surface area contributed by atoms with Crippen LogP contribution in [-0.4, -0.2) is 34.7 Å². The first-order valence-corrected chi connectivity index (χ1v) is 8.63. The summed E-state index contributed by atoms with van der Waals surface area (Å²) >= 11 is 0. The summed E-state index contributed by atoms with van der Waals surface area (Å²) in [7, 11) is 3.18. The number of carbonyl (C=O) groups is 1. The number of amides is 1. The summed E-state index contributed by atoms with van der Waals surface area (Å²) in [5.74, 6) is 0.953. The van der Waals surface area contributed by atoms with Crippen LogP contribution in [0.3, 0.4) is 0 Å². The first-order valence-electron chi connectivity index (χ1n) is 8.63. The highest BCUT2D eigenvalue weighted by Crippen LogP contribution is 2.32. The molecule has 7 nitrogen and oxygen atoms in total. The van der Waals surface area contributed by atoms with E-state index in [1.54, 1.807) is 31.0 Å². The highest BCUT2D eigenvalue weighted by molar-refractivity contribution is 6.03. The van der Waals surface area contributed by atoms with Crippen LogP contribution in [0.15, 0.2) is 66.9 Å². The van der Waals surface area contributed by atoms with Crippen LogP contribution in [0.4, 0.5) is 5.69 Å². The fourth-order valence-corrected chi connectivity index (χ4v) is 2.94. The summed E-state index contributed by atoms with van der Waals surface area (Å²) in [6, 6.07) is 18.3. The van der Waals surface area contributed by atoms with E-state index in [9.17, 15) is 4.79 Å². The highest BCUT2D eigenvalue weighted by Gasteiger charge is 2.15. The molecule has 1 amide bonds. The predicted octanol–water partition coefficient (Wildman–Crippen LogP) is 3.67. The largest absolute Gasteiger partial charge is 0.493 e. The van der Waals surface area contributed by atoms with Gasteiger partial charge in [-0.25, -0.2) is 9.50 Å². The number of benzene rings is 2. The molecule has 0 aliphatic carbocycles. The molecule has 0 aliphatic heterocycles. The second-order valence-electron chi connectivity index (χ2n) is 6.02. The molecule has 4 rings (SSSR count). The molecule has 0 bridgehead atoms. The molecule has 1 N–H and O–H groups in total. The Balaban J connectivity index is 1.72.